The Morgan fingerprint density at radius 2 is 1.83 bits per heavy atom. The van der Waals surface area contributed by atoms with Crippen LogP contribution in [0.4, 0.5) is 0 Å². The van der Waals surface area contributed by atoms with E-state index in [-0.39, 0.29) is 0 Å². The summed E-state index contributed by atoms with van der Waals surface area (Å²) in [4.78, 5) is 13.4. The first-order valence-electron chi connectivity index (χ1n) is 6.73. The number of hydrogen-bond donors (Lipinski definition) is 0. The molecule has 0 amide bonds. The Morgan fingerprint density at radius 3 is 2.44 bits per heavy atom. The van der Waals surface area contributed by atoms with E-state index in [1.165, 1.54) is 5.56 Å². The number of carbonyl (C=O) groups excluding carboxylic acids is 1. The van der Waals surface area contributed by atoms with E-state index in [1.54, 1.807) is 0 Å². The van der Waals surface area contributed by atoms with E-state index in [0.29, 0.717) is 25.2 Å². The first-order chi connectivity index (χ1) is 8.78. The summed E-state index contributed by atoms with van der Waals surface area (Å²) in [6, 6.07) is 8.26. The van der Waals surface area contributed by atoms with Crippen LogP contribution in [0.3, 0.4) is 0 Å². The molecular formula is C15H21NO2. The summed E-state index contributed by atoms with van der Waals surface area (Å²) in [6.07, 6.45) is 2.46. The smallest absolute Gasteiger partial charge is 0.135 e. The molecule has 0 N–H and O–H groups in total. The van der Waals surface area contributed by atoms with Crippen molar-refractivity contribution >= 4 is 5.78 Å². The lowest BCUT2D eigenvalue weighted by atomic mass is 10.1. The van der Waals surface area contributed by atoms with Crippen molar-refractivity contribution in [2.75, 3.05) is 26.2 Å². The molecule has 0 saturated carbocycles. The molecule has 0 bridgehead atoms. The van der Waals surface area contributed by atoms with E-state index < -0.39 is 0 Å². The Bertz CT molecular complexity index is 376. The molecule has 1 aliphatic rings. The number of benzene rings is 1. The fraction of sp³-hybridized carbons (Fsp3) is 0.533. The fourth-order valence-electron chi connectivity index (χ4n) is 2.14. The molecule has 3 nitrogen and oxygen atoms in total. The zero-order valence-corrected chi connectivity index (χ0v) is 11.0. The van der Waals surface area contributed by atoms with Gasteiger partial charge in [-0.15, -0.1) is 0 Å². The van der Waals surface area contributed by atoms with E-state index in [4.69, 9.17) is 4.74 Å². The van der Waals surface area contributed by atoms with Crippen LogP contribution in [0.1, 0.15) is 25.3 Å². The third kappa shape index (κ3) is 3.84. The van der Waals surface area contributed by atoms with Crippen molar-refractivity contribution < 1.29 is 9.53 Å². The van der Waals surface area contributed by atoms with Crippen LogP contribution in [0.5, 0.6) is 5.75 Å². The van der Waals surface area contributed by atoms with E-state index in [0.717, 1.165) is 31.8 Å². The normalized spacial score (nSPS) is 16.8. The quantitative estimate of drug-likeness (QED) is 0.799. The molecule has 0 unspecified atom stereocenters. The summed E-state index contributed by atoms with van der Waals surface area (Å²) in [5.74, 6) is 1.32. The third-order valence-electron chi connectivity index (χ3n) is 3.42. The monoisotopic (exact) mass is 247 g/mol. The van der Waals surface area contributed by atoms with Gasteiger partial charge in [0.15, 0.2) is 0 Å². The number of Topliss-reactive ketones (excluding diaryl/α,β-unsaturated/α-hetero) is 1. The van der Waals surface area contributed by atoms with Gasteiger partial charge in [-0.2, -0.15) is 0 Å². The van der Waals surface area contributed by atoms with Crippen molar-refractivity contribution in [1.82, 2.24) is 4.90 Å². The van der Waals surface area contributed by atoms with Crippen LogP contribution in [-0.2, 0) is 11.2 Å². The van der Waals surface area contributed by atoms with E-state index in [2.05, 4.69) is 24.0 Å². The standard InChI is InChI=1S/C15H21NO2/c1-2-13-3-5-15(6-4-13)18-12-11-16-9-7-14(17)8-10-16/h3-6H,2,7-12H2,1H3. The Labute approximate surface area is 109 Å². The summed E-state index contributed by atoms with van der Waals surface area (Å²) in [5, 5.41) is 0. The molecule has 2 rings (SSSR count). The van der Waals surface area contributed by atoms with Crippen LogP contribution in [0.25, 0.3) is 0 Å². The lowest BCUT2D eigenvalue weighted by Gasteiger charge is -2.25. The first kappa shape index (κ1) is 13.1. The highest BCUT2D eigenvalue weighted by atomic mass is 16.5. The highest BCUT2D eigenvalue weighted by Gasteiger charge is 2.15. The average Bonchev–Trinajstić information content (AvgIpc) is 2.42. The minimum absolute atomic E-state index is 0.391. The van der Waals surface area contributed by atoms with Gasteiger partial charge < -0.3 is 4.74 Å². The second-order valence-electron chi connectivity index (χ2n) is 4.73. The molecule has 98 valence electrons. The summed E-state index contributed by atoms with van der Waals surface area (Å²) >= 11 is 0. The maximum atomic E-state index is 11.1. The molecule has 1 aromatic carbocycles. The van der Waals surface area contributed by atoms with Gasteiger partial charge in [-0.1, -0.05) is 19.1 Å². The van der Waals surface area contributed by atoms with Gasteiger partial charge in [0, 0.05) is 32.5 Å². The molecule has 1 aliphatic heterocycles. The van der Waals surface area contributed by atoms with Gasteiger partial charge in [-0.3, -0.25) is 9.69 Å². The van der Waals surface area contributed by atoms with E-state index >= 15 is 0 Å². The first-order valence-corrected chi connectivity index (χ1v) is 6.73. The Morgan fingerprint density at radius 1 is 1.17 bits per heavy atom. The Hall–Kier alpha value is -1.35. The summed E-state index contributed by atoms with van der Waals surface area (Å²) in [6.45, 7) is 5.52. The van der Waals surface area contributed by atoms with Gasteiger partial charge in [-0.05, 0) is 24.1 Å². The van der Waals surface area contributed by atoms with Crippen molar-refractivity contribution in [3.05, 3.63) is 29.8 Å². The zero-order valence-electron chi connectivity index (χ0n) is 11.0. The molecule has 0 aromatic heterocycles. The highest BCUT2D eigenvalue weighted by molar-refractivity contribution is 5.79. The summed E-state index contributed by atoms with van der Waals surface area (Å²) in [7, 11) is 0. The molecule has 1 aromatic rings. The van der Waals surface area contributed by atoms with Crippen LogP contribution in [0.15, 0.2) is 24.3 Å². The Balaban J connectivity index is 1.69. The molecule has 0 atom stereocenters. The van der Waals surface area contributed by atoms with E-state index in [1.807, 2.05) is 12.1 Å². The second-order valence-corrected chi connectivity index (χ2v) is 4.73. The molecule has 0 radical (unpaired) electrons. The number of rotatable bonds is 5. The lowest BCUT2D eigenvalue weighted by Crippen LogP contribution is -2.36. The van der Waals surface area contributed by atoms with Crippen LogP contribution in [0.2, 0.25) is 0 Å². The SMILES string of the molecule is CCc1ccc(OCCN2CCC(=O)CC2)cc1. The van der Waals surface area contributed by atoms with Crippen LogP contribution in [-0.4, -0.2) is 36.9 Å². The van der Waals surface area contributed by atoms with Crippen LogP contribution >= 0.6 is 0 Å². The van der Waals surface area contributed by atoms with Crippen LogP contribution < -0.4 is 4.74 Å². The summed E-state index contributed by atoms with van der Waals surface area (Å²) < 4.78 is 5.71. The third-order valence-corrected chi connectivity index (χ3v) is 3.42. The predicted molar refractivity (Wildman–Crippen MR) is 72.0 cm³/mol. The molecule has 1 saturated heterocycles. The van der Waals surface area contributed by atoms with Crippen molar-refractivity contribution in [2.45, 2.75) is 26.2 Å². The number of piperidine rings is 1. The summed E-state index contributed by atoms with van der Waals surface area (Å²) in [5.41, 5.74) is 1.33. The number of carbonyl (C=O) groups is 1. The number of likely N-dealkylation sites (tertiary alicyclic amines) is 1. The molecule has 0 spiro atoms. The number of ketones is 1. The minimum Gasteiger partial charge on any atom is -0.492 e. The second kappa shape index (κ2) is 6.55. The number of nitrogens with zero attached hydrogens (tertiary/aromatic N) is 1. The molecular weight excluding hydrogens is 226 g/mol. The van der Waals surface area contributed by atoms with E-state index in [9.17, 15) is 4.79 Å². The number of aryl methyl sites for hydroxylation is 1. The highest BCUT2D eigenvalue weighted by Crippen LogP contribution is 2.13. The van der Waals surface area contributed by atoms with Crippen molar-refractivity contribution in [3.8, 4) is 5.75 Å². The number of ether oxygens (including phenoxy) is 1. The topological polar surface area (TPSA) is 29.5 Å². The lowest BCUT2D eigenvalue weighted by molar-refractivity contribution is -0.121. The van der Waals surface area contributed by atoms with Crippen molar-refractivity contribution in [1.29, 1.82) is 0 Å². The van der Waals surface area contributed by atoms with Crippen molar-refractivity contribution in [2.24, 2.45) is 0 Å². The number of hydrogen-bond acceptors (Lipinski definition) is 3. The predicted octanol–water partition coefficient (Wildman–Crippen LogP) is 2.29. The molecule has 1 fully saturated rings. The molecule has 0 aliphatic carbocycles. The van der Waals surface area contributed by atoms with Gasteiger partial charge in [-0.25, -0.2) is 0 Å². The van der Waals surface area contributed by atoms with Gasteiger partial charge in [0.2, 0.25) is 0 Å². The average molecular weight is 247 g/mol. The maximum absolute atomic E-state index is 11.1. The van der Waals surface area contributed by atoms with Crippen LogP contribution in [0, 0.1) is 0 Å². The molecule has 3 heteroatoms. The van der Waals surface area contributed by atoms with Gasteiger partial charge in [0.25, 0.3) is 0 Å². The van der Waals surface area contributed by atoms with Crippen molar-refractivity contribution in [3.63, 3.8) is 0 Å². The maximum Gasteiger partial charge on any atom is 0.135 e. The molecule has 1 heterocycles. The van der Waals surface area contributed by atoms with Gasteiger partial charge >= 0.3 is 0 Å². The Kier molecular flexibility index (Phi) is 4.76. The molecule has 18 heavy (non-hydrogen) atoms. The largest absolute Gasteiger partial charge is 0.492 e. The van der Waals surface area contributed by atoms with Gasteiger partial charge in [0.1, 0.15) is 18.1 Å². The van der Waals surface area contributed by atoms with Gasteiger partial charge in [0.05, 0.1) is 0 Å². The fourth-order valence-corrected chi connectivity index (χ4v) is 2.14. The minimum atomic E-state index is 0.391. The zero-order chi connectivity index (χ0) is 12.8.